The van der Waals surface area contributed by atoms with E-state index in [9.17, 15) is 5.11 Å². The maximum absolute atomic E-state index is 10.8. The molecule has 4 heteroatoms. The molecule has 0 spiro atoms. The van der Waals surface area contributed by atoms with E-state index in [2.05, 4.69) is 9.88 Å². The van der Waals surface area contributed by atoms with Crippen molar-refractivity contribution in [3.63, 3.8) is 0 Å². The van der Waals surface area contributed by atoms with Gasteiger partial charge in [-0.2, -0.15) is 0 Å². The van der Waals surface area contributed by atoms with Crippen LogP contribution in [0.15, 0.2) is 12.3 Å². The summed E-state index contributed by atoms with van der Waals surface area (Å²) in [6.07, 6.45) is 5.06. The molecule has 1 aromatic heterocycles. The summed E-state index contributed by atoms with van der Waals surface area (Å²) in [5.41, 5.74) is 6.96. The molecule has 1 aliphatic carbocycles. The maximum atomic E-state index is 10.8. The molecule has 2 aliphatic rings. The Bertz CT molecular complexity index is 444. The Hall–Kier alpha value is -1.13. The molecule has 1 atom stereocenters. The quantitative estimate of drug-likeness (QED) is 0.801. The third kappa shape index (κ3) is 1.91. The number of anilines is 1. The van der Waals surface area contributed by atoms with Gasteiger partial charge >= 0.3 is 0 Å². The average Bonchev–Trinajstić information content (AvgIpc) is 3.06. The molecule has 1 saturated carbocycles. The summed E-state index contributed by atoms with van der Waals surface area (Å²) in [7, 11) is 0. The van der Waals surface area contributed by atoms with Crippen molar-refractivity contribution in [2.24, 2.45) is 0 Å². The molecule has 17 heavy (non-hydrogen) atoms. The van der Waals surface area contributed by atoms with Crippen molar-refractivity contribution in [3.05, 3.63) is 23.4 Å². The van der Waals surface area contributed by atoms with E-state index in [1.54, 1.807) is 6.20 Å². The van der Waals surface area contributed by atoms with Gasteiger partial charge in [-0.3, -0.25) is 4.90 Å². The molecule has 0 aromatic carbocycles. The van der Waals surface area contributed by atoms with Crippen LogP contribution in [0, 0.1) is 6.92 Å². The van der Waals surface area contributed by atoms with E-state index < -0.39 is 5.60 Å². The number of nitrogen functional groups attached to an aromatic ring is 1. The lowest BCUT2D eigenvalue weighted by molar-refractivity contribution is 0.0456. The number of hydrogen-bond donors (Lipinski definition) is 2. The van der Waals surface area contributed by atoms with Crippen LogP contribution in [0.3, 0.4) is 0 Å². The molecule has 2 heterocycles. The fourth-order valence-electron chi connectivity index (χ4n) is 2.75. The molecule has 2 fully saturated rings. The summed E-state index contributed by atoms with van der Waals surface area (Å²) in [5, 5.41) is 10.8. The summed E-state index contributed by atoms with van der Waals surface area (Å²) < 4.78 is 0. The molecule has 3 rings (SSSR count). The first-order valence-electron chi connectivity index (χ1n) is 6.27. The first-order valence-corrected chi connectivity index (χ1v) is 6.27. The predicted octanol–water partition coefficient (Wildman–Crippen LogP) is 1.03. The molecule has 0 radical (unpaired) electrons. The van der Waals surface area contributed by atoms with Crippen LogP contribution < -0.4 is 5.73 Å². The van der Waals surface area contributed by atoms with Crippen molar-refractivity contribution in [2.75, 3.05) is 18.8 Å². The van der Waals surface area contributed by atoms with Gasteiger partial charge in [0.25, 0.3) is 0 Å². The Kier molecular flexibility index (Phi) is 2.38. The Balaban J connectivity index is 1.89. The van der Waals surface area contributed by atoms with Gasteiger partial charge in [-0.25, -0.2) is 4.98 Å². The summed E-state index contributed by atoms with van der Waals surface area (Å²) >= 11 is 0. The molecule has 3 N–H and O–H groups in total. The molecule has 1 saturated heterocycles. The molecule has 0 bridgehead atoms. The van der Waals surface area contributed by atoms with Gasteiger partial charge in [-0.15, -0.1) is 0 Å². The second kappa shape index (κ2) is 3.68. The number of hydrogen-bond acceptors (Lipinski definition) is 4. The fourth-order valence-corrected chi connectivity index (χ4v) is 2.75. The highest BCUT2D eigenvalue weighted by Crippen LogP contribution is 2.39. The fraction of sp³-hybridized carbons (Fsp3) is 0.615. The van der Waals surface area contributed by atoms with E-state index in [4.69, 9.17) is 5.73 Å². The summed E-state index contributed by atoms with van der Waals surface area (Å²) in [6.45, 7) is 3.65. The van der Waals surface area contributed by atoms with E-state index in [-0.39, 0.29) is 0 Å². The second-order valence-electron chi connectivity index (χ2n) is 5.43. The maximum Gasteiger partial charge on any atom is 0.129 e. The van der Waals surface area contributed by atoms with E-state index in [1.165, 1.54) is 12.8 Å². The zero-order chi connectivity index (χ0) is 12.0. The van der Waals surface area contributed by atoms with Crippen LogP contribution in [-0.4, -0.2) is 34.1 Å². The number of aromatic nitrogens is 1. The van der Waals surface area contributed by atoms with Crippen molar-refractivity contribution >= 4 is 5.82 Å². The van der Waals surface area contributed by atoms with Gasteiger partial charge in [0.05, 0.1) is 0 Å². The van der Waals surface area contributed by atoms with Crippen molar-refractivity contribution in [3.8, 4) is 0 Å². The minimum Gasteiger partial charge on any atom is -0.384 e. The molecule has 92 valence electrons. The van der Waals surface area contributed by atoms with Crippen molar-refractivity contribution < 1.29 is 5.11 Å². The van der Waals surface area contributed by atoms with Crippen LogP contribution in [0.2, 0.25) is 0 Å². The van der Waals surface area contributed by atoms with Crippen LogP contribution in [0.4, 0.5) is 5.82 Å². The monoisotopic (exact) mass is 233 g/mol. The SMILES string of the molecule is Cc1cnc(N)c(C2(O)CCN(C3CC3)C2)c1. The number of aliphatic hydroxyl groups is 1. The summed E-state index contributed by atoms with van der Waals surface area (Å²) in [6, 6.07) is 2.67. The van der Waals surface area contributed by atoms with Gasteiger partial charge < -0.3 is 10.8 Å². The number of nitrogens with zero attached hydrogens (tertiary/aromatic N) is 2. The van der Waals surface area contributed by atoms with Gasteiger partial charge in [0, 0.05) is 30.9 Å². The van der Waals surface area contributed by atoms with Crippen LogP contribution in [0.1, 0.15) is 30.4 Å². The van der Waals surface area contributed by atoms with Crippen LogP contribution >= 0.6 is 0 Å². The van der Waals surface area contributed by atoms with E-state index >= 15 is 0 Å². The zero-order valence-electron chi connectivity index (χ0n) is 10.2. The average molecular weight is 233 g/mol. The molecule has 0 amide bonds. The Morgan fingerprint density at radius 1 is 1.53 bits per heavy atom. The van der Waals surface area contributed by atoms with Crippen LogP contribution in [-0.2, 0) is 5.60 Å². The third-order valence-electron chi connectivity index (χ3n) is 3.90. The van der Waals surface area contributed by atoms with Crippen LogP contribution in [0.5, 0.6) is 0 Å². The topological polar surface area (TPSA) is 62.4 Å². The Morgan fingerprint density at radius 3 is 3.00 bits per heavy atom. The molecule has 4 nitrogen and oxygen atoms in total. The molecule has 1 aromatic rings. The standard InChI is InChI=1S/C13H19N3O/c1-9-6-11(12(14)15-7-9)13(17)4-5-16(8-13)10-2-3-10/h6-7,10,17H,2-5,8H2,1H3,(H2,14,15). The number of pyridine rings is 1. The van der Waals surface area contributed by atoms with Gasteiger partial charge in [-0.1, -0.05) is 0 Å². The number of likely N-dealkylation sites (tertiary alicyclic amines) is 1. The Morgan fingerprint density at radius 2 is 2.29 bits per heavy atom. The normalized spacial score (nSPS) is 29.8. The van der Waals surface area contributed by atoms with E-state index in [0.29, 0.717) is 18.4 Å². The summed E-state index contributed by atoms with van der Waals surface area (Å²) in [4.78, 5) is 6.53. The molecule has 1 unspecified atom stereocenters. The Labute approximate surface area is 101 Å². The second-order valence-corrected chi connectivity index (χ2v) is 5.43. The minimum absolute atomic E-state index is 0.468. The molecule has 1 aliphatic heterocycles. The van der Waals surface area contributed by atoms with Crippen LogP contribution in [0.25, 0.3) is 0 Å². The van der Waals surface area contributed by atoms with E-state index in [1.807, 2.05) is 13.0 Å². The van der Waals surface area contributed by atoms with Crippen molar-refractivity contribution in [1.29, 1.82) is 0 Å². The van der Waals surface area contributed by atoms with Crippen molar-refractivity contribution in [2.45, 2.75) is 37.8 Å². The predicted molar refractivity (Wildman–Crippen MR) is 66.5 cm³/mol. The van der Waals surface area contributed by atoms with Gasteiger partial charge in [-0.05, 0) is 37.8 Å². The highest BCUT2D eigenvalue weighted by Gasteiger charge is 2.44. The van der Waals surface area contributed by atoms with Gasteiger partial charge in [0.2, 0.25) is 0 Å². The number of nitrogens with two attached hydrogens (primary N) is 1. The van der Waals surface area contributed by atoms with Crippen molar-refractivity contribution in [1.82, 2.24) is 9.88 Å². The summed E-state index contributed by atoms with van der Waals surface area (Å²) in [5.74, 6) is 0.468. The first kappa shape index (κ1) is 11.0. The minimum atomic E-state index is -0.800. The van der Waals surface area contributed by atoms with Gasteiger partial charge in [0.1, 0.15) is 11.4 Å². The lowest BCUT2D eigenvalue weighted by atomic mass is 9.92. The highest BCUT2D eigenvalue weighted by molar-refractivity contribution is 5.45. The lowest BCUT2D eigenvalue weighted by Crippen LogP contribution is -2.32. The smallest absolute Gasteiger partial charge is 0.129 e. The highest BCUT2D eigenvalue weighted by atomic mass is 16.3. The number of rotatable bonds is 2. The first-order chi connectivity index (χ1) is 8.08. The number of β-amino-alcohol motifs (C(OH)–C–C–N with tert-alkyl or cyclic N) is 1. The zero-order valence-corrected chi connectivity index (χ0v) is 10.2. The van der Waals surface area contributed by atoms with E-state index in [0.717, 1.165) is 24.1 Å². The molecular formula is C13H19N3O. The van der Waals surface area contributed by atoms with Gasteiger partial charge in [0.15, 0.2) is 0 Å². The molecular weight excluding hydrogens is 214 g/mol. The largest absolute Gasteiger partial charge is 0.384 e. The lowest BCUT2D eigenvalue weighted by Gasteiger charge is -2.25. The number of aryl methyl sites for hydroxylation is 1. The third-order valence-corrected chi connectivity index (χ3v) is 3.90.